The maximum atomic E-state index is 12.9. The van der Waals surface area contributed by atoms with Crippen LogP contribution < -0.4 is 0 Å². The Bertz CT molecular complexity index is 716. The lowest BCUT2D eigenvalue weighted by molar-refractivity contribution is 0.0782. The zero-order chi connectivity index (χ0) is 17.3. The van der Waals surface area contributed by atoms with Crippen LogP contribution in [-0.2, 0) is 19.5 Å². The highest BCUT2D eigenvalue weighted by atomic mass is 16.3. The quantitative estimate of drug-likeness (QED) is 0.843. The van der Waals surface area contributed by atoms with E-state index in [9.17, 15) is 4.79 Å². The highest BCUT2D eigenvalue weighted by molar-refractivity contribution is 5.95. The molecule has 2 aromatic rings. The zero-order valence-electron chi connectivity index (χ0n) is 15.0. The summed E-state index contributed by atoms with van der Waals surface area (Å²) in [6.45, 7) is 4.41. The molecule has 1 amide bonds. The van der Waals surface area contributed by atoms with Crippen molar-refractivity contribution >= 4 is 5.91 Å². The minimum absolute atomic E-state index is 0.0300. The van der Waals surface area contributed by atoms with E-state index in [-0.39, 0.29) is 5.91 Å². The second kappa shape index (κ2) is 6.81. The monoisotopic (exact) mass is 330 g/mol. The third-order valence-corrected chi connectivity index (χ3v) is 4.75. The van der Waals surface area contributed by atoms with Crippen LogP contribution in [0.3, 0.4) is 0 Å². The Kier molecular flexibility index (Phi) is 4.76. The first-order valence-corrected chi connectivity index (χ1v) is 8.43. The van der Waals surface area contributed by atoms with Gasteiger partial charge >= 0.3 is 0 Å². The van der Waals surface area contributed by atoms with Gasteiger partial charge in [0.25, 0.3) is 5.91 Å². The molecule has 0 saturated carbocycles. The summed E-state index contributed by atoms with van der Waals surface area (Å²) in [5, 5.41) is 4.43. The second-order valence-electron chi connectivity index (χ2n) is 7.01. The molecule has 0 aromatic carbocycles. The Labute approximate surface area is 143 Å². The van der Waals surface area contributed by atoms with E-state index in [2.05, 4.69) is 24.1 Å². The molecule has 0 bridgehead atoms. The van der Waals surface area contributed by atoms with E-state index >= 15 is 0 Å². The Morgan fingerprint density at radius 2 is 2.21 bits per heavy atom. The molecule has 1 aliphatic rings. The van der Waals surface area contributed by atoms with Gasteiger partial charge in [-0.2, -0.15) is 5.10 Å². The number of aryl methyl sites for hydroxylation is 2. The summed E-state index contributed by atoms with van der Waals surface area (Å²) in [4.78, 5) is 16.8. The van der Waals surface area contributed by atoms with E-state index in [0.29, 0.717) is 12.5 Å². The molecule has 24 heavy (non-hydrogen) atoms. The van der Waals surface area contributed by atoms with Gasteiger partial charge in [-0.1, -0.05) is 0 Å². The summed E-state index contributed by atoms with van der Waals surface area (Å²) >= 11 is 0. The van der Waals surface area contributed by atoms with Crippen LogP contribution >= 0.6 is 0 Å². The minimum Gasteiger partial charge on any atom is -0.469 e. The molecule has 3 rings (SSSR count). The maximum Gasteiger partial charge on any atom is 0.257 e. The largest absolute Gasteiger partial charge is 0.469 e. The predicted molar refractivity (Wildman–Crippen MR) is 91.8 cm³/mol. The van der Waals surface area contributed by atoms with Crippen LogP contribution in [0.4, 0.5) is 0 Å². The van der Waals surface area contributed by atoms with Crippen LogP contribution in [0.1, 0.15) is 33.8 Å². The van der Waals surface area contributed by atoms with Crippen LogP contribution in [-0.4, -0.2) is 53.2 Å². The van der Waals surface area contributed by atoms with Gasteiger partial charge in [0.1, 0.15) is 5.76 Å². The summed E-state index contributed by atoms with van der Waals surface area (Å²) in [5.41, 5.74) is 2.85. The summed E-state index contributed by atoms with van der Waals surface area (Å²) < 4.78 is 7.31. The van der Waals surface area contributed by atoms with Gasteiger partial charge in [0, 0.05) is 32.2 Å². The number of carbonyl (C=O) groups excluding carboxylic acids is 1. The van der Waals surface area contributed by atoms with E-state index in [1.165, 1.54) is 0 Å². The first-order chi connectivity index (χ1) is 11.5. The Morgan fingerprint density at radius 1 is 1.42 bits per heavy atom. The first kappa shape index (κ1) is 16.8. The molecule has 0 radical (unpaired) electrons. The molecule has 0 N–H and O–H groups in total. The first-order valence-electron chi connectivity index (χ1n) is 8.43. The van der Waals surface area contributed by atoms with Gasteiger partial charge < -0.3 is 14.2 Å². The number of furan rings is 1. The summed E-state index contributed by atoms with van der Waals surface area (Å²) in [6, 6.07) is 1.92. The number of hydrogen-bond donors (Lipinski definition) is 0. The van der Waals surface area contributed by atoms with Gasteiger partial charge in [-0.3, -0.25) is 9.48 Å². The topological polar surface area (TPSA) is 54.5 Å². The molecule has 0 saturated heterocycles. The molecule has 6 heteroatoms. The normalized spacial score (nSPS) is 17.1. The molecular weight excluding hydrogens is 304 g/mol. The van der Waals surface area contributed by atoms with Gasteiger partial charge in [0.15, 0.2) is 0 Å². The van der Waals surface area contributed by atoms with Crippen molar-refractivity contribution < 1.29 is 9.21 Å². The molecule has 6 nitrogen and oxygen atoms in total. The third kappa shape index (κ3) is 3.38. The van der Waals surface area contributed by atoms with Crippen LogP contribution in [0.25, 0.3) is 0 Å². The third-order valence-electron chi connectivity index (χ3n) is 4.75. The van der Waals surface area contributed by atoms with E-state index in [1.54, 1.807) is 17.4 Å². The van der Waals surface area contributed by atoms with Gasteiger partial charge in [0.05, 0.1) is 23.7 Å². The van der Waals surface area contributed by atoms with Crippen molar-refractivity contribution in [2.45, 2.75) is 32.9 Å². The van der Waals surface area contributed by atoms with Crippen molar-refractivity contribution in [3.63, 3.8) is 0 Å². The van der Waals surface area contributed by atoms with Crippen molar-refractivity contribution in [2.75, 3.05) is 27.7 Å². The summed E-state index contributed by atoms with van der Waals surface area (Å²) in [5.74, 6) is 1.47. The van der Waals surface area contributed by atoms with Crippen molar-refractivity contribution in [3.05, 3.63) is 41.1 Å². The van der Waals surface area contributed by atoms with E-state index in [0.717, 1.165) is 48.5 Å². The molecule has 0 spiro atoms. The van der Waals surface area contributed by atoms with E-state index in [1.807, 2.05) is 24.7 Å². The molecule has 0 fully saturated rings. The van der Waals surface area contributed by atoms with Gasteiger partial charge in [-0.25, -0.2) is 0 Å². The molecular formula is C18H26N4O2. The van der Waals surface area contributed by atoms with Crippen LogP contribution in [0.15, 0.2) is 22.9 Å². The number of amides is 1. The lowest BCUT2D eigenvalue weighted by Gasteiger charge is -2.27. The number of nitrogens with zero attached hydrogens (tertiary/aromatic N) is 4. The van der Waals surface area contributed by atoms with E-state index in [4.69, 9.17) is 4.42 Å². The van der Waals surface area contributed by atoms with E-state index < -0.39 is 0 Å². The molecule has 2 aromatic heterocycles. The standard InChI is InChI=1S/C18H26N4O2/c1-13-15(6-8-24-13)12-21(4)18(23)16-10-19-22-7-5-14(9-17(16)22)11-20(2)3/h6,8,10,14H,5,7,9,11-12H2,1-4H3/t14-/m0/s1. The van der Waals surface area contributed by atoms with Crippen LogP contribution in [0.5, 0.6) is 0 Å². The maximum absolute atomic E-state index is 12.9. The van der Waals surface area contributed by atoms with Gasteiger partial charge in [-0.15, -0.1) is 0 Å². The second-order valence-corrected chi connectivity index (χ2v) is 7.01. The fourth-order valence-electron chi connectivity index (χ4n) is 3.46. The van der Waals surface area contributed by atoms with Crippen molar-refractivity contribution in [2.24, 2.45) is 5.92 Å². The fraction of sp³-hybridized carbons (Fsp3) is 0.556. The Morgan fingerprint density at radius 3 is 2.88 bits per heavy atom. The number of hydrogen-bond acceptors (Lipinski definition) is 4. The summed E-state index contributed by atoms with van der Waals surface area (Å²) in [7, 11) is 6.02. The Hall–Kier alpha value is -2.08. The minimum atomic E-state index is 0.0300. The molecule has 0 aliphatic carbocycles. The van der Waals surface area contributed by atoms with Gasteiger partial charge in [-0.05, 0) is 45.8 Å². The predicted octanol–water partition coefficient (Wildman–Crippen LogP) is 2.18. The SMILES string of the molecule is Cc1occc1CN(C)C(=O)c1cnn2c1C[C@@H](CN(C)C)CC2. The van der Waals surface area contributed by atoms with Gasteiger partial charge in [0.2, 0.25) is 0 Å². The molecule has 130 valence electrons. The highest BCUT2D eigenvalue weighted by Gasteiger charge is 2.27. The van der Waals surface area contributed by atoms with Crippen molar-refractivity contribution in [1.29, 1.82) is 0 Å². The lowest BCUT2D eigenvalue weighted by atomic mass is 9.94. The van der Waals surface area contributed by atoms with Crippen molar-refractivity contribution in [1.82, 2.24) is 19.6 Å². The lowest BCUT2D eigenvalue weighted by Crippen LogP contribution is -2.31. The number of fused-ring (bicyclic) bond motifs is 1. The molecule has 1 atom stereocenters. The Balaban J connectivity index is 1.74. The van der Waals surface area contributed by atoms with Crippen LogP contribution in [0.2, 0.25) is 0 Å². The number of aromatic nitrogens is 2. The zero-order valence-corrected chi connectivity index (χ0v) is 15.0. The number of rotatable bonds is 5. The fourth-order valence-corrected chi connectivity index (χ4v) is 3.46. The molecule has 0 unspecified atom stereocenters. The smallest absolute Gasteiger partial charge is 0.257 e. The highest BCUT2D eigenvalue weighted by Crippen LogP contribution is 2.24. The van der Waals surface area contributed by atoms with Crippen molar-refractivity contribution in [3.8, 4) is 0 Å². The number of carbonyl (C=O) groups is 1. The van der Waals surface area contributed by atoms with Crippen LogP contribution in [0, 0.1) is 12.8 Å². The molecule has 1 aliphatic heterocycles. The molecule has 3 heterocycles. The average molecular weight is 330 g/mol. The average Bonchev–Trinajstić information content (AvgIpc) is 3.12. The summed E-state index contributed by atoms with van der Waals surface area (Å²) in [6.07, 6.45) is 5.42.